The molecule has 0 radical (unpaired) electrons. The fourth-order valence-corrected chi connectivity index (χ4v) is 1.66. The highest BCUT2D eigenvalue weighted by atomic mass is 19.1. The molecule has 0 fully saturated rings. The second-order valence-electron chi connectivity index (χ2n) is 4.24. The maximum atomic E-state index is 13.6. The van der Waals surface area contributed by atoms with Crippen LogP contribution < -0.4 is 5.84 Å². The number of hydrazone groups is 1. The van der Waals surface area contributed by atoms with Gasteiger partial charge < -0.3 is 10.6 Å². The minimum atomic E-state index is -0.277. The van der Waals surface area contributed by atoms with Gasteiger partial charge in [-0.3, -0.25) is 0 Å². The largest absolute Gasteiger partial charge is 0.377 e. The van der Waals surface area contributed by atoms with Crippen molar-refractivity contribution in [2.45, 2.75) is 39.2 Å². The molecular weight excluding hydrogens is 231 g/mol. The lowest BCUT2D eigenvalue weighted by molar-refractivity contribution is 0.114. The van der Waals surface area contributed by atoms with Crippen LogP contribution in [-0.4, -0.2) is 12.8 Å². The molecule has 0 atom stereocenters. The van der Waals surface area contributed by atoms with Crippen molar-refractivity contribution in [1.29, 1.82) is 0 Å². The Kier molecular flexibility index (Phi) is 7.03. The zero-order chi connectivity index (χ0) is 13.2. The third-order valence-corrected chi connectivity index (χ3v) is 2.70. The van der Waals surface area contributed by atoms with Crippen LogP contribution in [-0.2, 0) is 11.3 Å². The Morgan fingerprint density at radius 3 is 2.83 bits per heavy atom. The zero-order valence-electron chi connectivity index (χ0n) is 10.9. The molecule has 1 rings (SSSR count). The van der Waals surface area contributed by atoms with Crippen molar-refractivity contribution in [1.82, 2.24) is 0 Å². The maximum Gasteiger partial charge on any atom is 0.129 e. The van der Waals surface area contributed by atoms with Crippen molar-refractivity contribution in [3.8, 4) is 0 Å². The number of benzene rings is 1. The highest BCUT2D eigenvalue weighted by Gasteiger charge is 2.02. The van der Waals surface area contributed by atoms with Gasteiger partial charge in [0.05, 0.1) is 12.8 Å². The molecule has 0 aromatic heterocycles. The van der Waals surface area contributed by atoms with E-state index in [1.807, 2.05) is 0 Å². The lowest BCUT2D eigenvalue weighted by atomic mass is 10.1. The Morgan fingerprint density at radius 2 is 2.17 bits per heavy atom. The summed E-state index contributed by atoms with van der Waals surface area (Å²) in [5.41, 5.74) is 1.22. The van der Waals surface area contributed by atoms with Gasteiger partial charge in [0, 0.05) is 12.2 Å². The first-order chi connectivity index (χ1) is 8.77. The number of halogens is 1. The van der Waals surface area contributed by atoms with Crippen LogP contribution in [0.2, 0.25) is 0 Å². The average Bonchev–Trinajstić information content (AvgIpc) is 2.36. The van der Waals surface area contributed by atoms with E-state index >= 15 is 0 Å². The summed E-state index contributed by atoms with van der Waals surface area (Å²) in [7, 11) is 0. The summed E-state index contributed by atoms with van der Waals surface area (Å²) in [5.74, 6) is 4.73. The van der Waals surface area contributed by atoms with Crippen LogP contribution in [0.15, 0.2) is 23.3 Å². The summed E-state index contributed by atoms with van der Waals surface area (Å²) in [4.78, 5) is 0. The smallest absolute Gasteiger partial charge is 0.129 e. The molecule has 1 aromatic rings. The van der Waals surface area contributed by atoms with Gasteiger partial charge in [0.25, 0.3) is 0 Å². The van der Waals surface area contributed by atoms with E-state index in [2.05, 4.69) is 12.0 Å². The van der Waals surface area contributed by atoms with E-state index in [1.54, 1.807) is 12.1 Å². The molecule has 0 unspecified atom stereocenters. The third kappa shape index (κ3) is 5.27. The topological polar surface area (TPSA) is 47.6 Å². The zero-order valence-corrected chi connectivity index (χ0v) is 10.9. The summed E-state index contributed by atoms with van der Waals surface area (Å²) in [6.45, 7) is 3.17. The Bertz CT molecular complexity index is 380. The number of unbranched alkanes of at least 4 members (excludes halogenated alkanes) is 3. The number of rotatable bonds is 8. The molecule has 1 aromatic carbocycles. The van der Waals surface area contributed by atoms with Gasteiger partial charge in [-0.2, -0.15) is 5.10 Å². The number of nitrogens with two attached hydrogens (primary N) is 1. The molecule has 0 saturated heterocycles. The standard InChI is InChI=1S/C14H21FN2O/c1-2-3-4-5-8-18-11-13-7-6-12(10-17-16)9-14(13)15/h6-7,9-10H,2-5,8,11,16H2,1H3. The van der Waals surface area contributed by atoms with Crippen LogP contribution in [0.1, 0.15) is 43.7 Å². The van der Waals surface area contributed by atoms with Gasteiger partial charge in [-0.1, -0.05) is 38.3 Å². The minimum absolute atomic E-state index is 0.277. The first kappa shape index (κ1) is 14.6. The van der Waals surface area contributed by atoms with Gasteiger partial charge >= 0.3 is 0 Å². The summed E-state index contributed by atoms with van der Waals surface area (Å²) < 4.78 is 19.1. The van der Waals surface area contributed by atoms with E-state index < -0.39 is 0 Å². The maximum absolute atomic E-state index is 13.6. The van der Waals surface area contributed by atoms with E-state index in [-0.39, 0.29) is 5.82 Å². The van der Waals surface area contributed by atoms with Gasteiger partial charge in [-0.15, -0.1) is 0 Å². The molecule has 0 aliphatic heterocycles. The summed E-state index contributed by atoms with van der Waals surface area (Å²) in [6.07, 6.45) is 6.06. The summed E-state index contributed by atoms with van der Waals surface area (Å²) in [6, 6.07) is 4.89. The van der Waals surface area contributed by atoms with Gasteiger partial charge in [0.1, 0.15) is 5.82 Å². The van der Waals surface area contributed by atoms with Crippen LogP contribution in [0.4, 0.5) is 4.39 Å². The normalized spacial score (nSPS) is 11.2. The Hall–Kier alpha value is -1.42. The predicted octanol–water partition coefficient (Wildman–Crippen LogP) is 3.22. The van der Waals surface area contributed by atoms with Crippen LogP contribution in [0.25, 0.3) is 0 Å². The van der Waals surface area contributed by atoms with E-state index in [0.29, 0.717) is 24.3 Å². The Morgan fingerprint density at radius 1 is 1.33 bits per heavy atom. The Balaban J connectivity index is 2.34. The van der Waals surface area contributed by atoms with Gasteiger partial charge in [-0.05, 0) is 18.1 Å². The van der Waals surface area contributed by atoms with Gasteiger partial charge in [0.15, 0.2) is 0 Å². The first-order valence-electron chi connectivity index (χ1n) is 6.37. The van der Waals surface area contributed by atoms with Crippen molar-refractivity contribution in [3.05, 3.63) is 35.1 Å². The summed E-state index contributed by atoms with van der Waals surface area (Å²) in [5, 5.41) is 3.36. The van der Waals surface area contributed by atoms with Crippen LogP contribution in [0.3, 0.4) is 0 Å². The molecule has 0 spiro atoms. The molecule has 0 aliphatic rings. The van der Waals surface area contributed by atoms with E-state index in [1.165, 1.54) is 31.5 Å². The molecule has 0 bridgehead atoms. The predicted molar refractivity (Wildman–Crippen MR) is 72.0 cm³/mol. The van der Waals surface area contributed by atoms with Crippen molar-refractivity contribution in [2.24, 2.45) is 10.9 Å². The molecular formula is C14H21FN2O. The van der Waals surface area contributed by atoms with Crippen molar-refractivity contribution in [2.75, 3.05) is 6.61 Å². The number of hydrogen-bond acceptors (Lipinski definition) is 3. The summed E-state index contributed by atoms with van der Waals surface area (Å²) >= 11 is 0. The number of nitrogens with zero attached hydrogens (tertiary/aromatic N) is 1. The molecule has 18 heavy (non-hydrogen) atoms. The van der Waals surface area contributed by atoms with Crippen LogP contribution in [0.5, 0.6) is 0 Å². The monoisotopic (exact) mass is 252 g/mol. The SMILES string of the molecule is CCCCCCOCc1ccc(C=NN)cc1F. The second kappa shape index (κ2) is 8.64. The lowest BCUT2D eigenvalue weighted by Crippen LogP contribution is -1.99. The highest BCUT2D eigenvalue weighted by Crippen LogP contribution is 2.11. The fraction of sp³-hybridized carbons (Fsp3) is 0.500. The van der Waals surface area contributed by atoms with Crippen molar-refractivity contribution >= 4 is 6.21 Å². The Labute approximate surface area is 108 Å². The third-order valence-electron chi connectivity index (χ3n) is 2.70. The minimum Gasteiger partial charge on any atom is -0.377 e. The van der Waals surface area contributed by atoms with E-state index in [0.717, 1.165) is 6.42 Å². The molecule has 4 heteroatoms. The molecule has 0 amide bonds. The molecule has 3 nitrogen and oxygen atoms in total. The van der Waals surface area contributed by atoms with Crippen LogP contribution in [0, 0.1) is 5.82 Å². The van der Waals surface area contributed by atoms with Crippen molar-refractivity contribution < 1.29 is 9.13 Å². The van der Waals surface area contributed by atoms with Gasteiger partial charge in [0.2, 0.25) is 0 Å². The highest BCUT2D eigenvalue weighted by molar-refractivity contribution is 5.79. The molecule has 0 heterocycles. The molecule has 2 N–H and O–H groups in total. The second-order valence-corrected chi connectivity index (χ2v) is 4.24. The van der Waals surface area contributed by atoms with E-state index in [4.69, 9.17) is 10.6 Å². The number of ether oxygens (including phenoxy) is 1. The average molecular weight is 252 g/mol. The lowest BCUT2D eigenvalue weighted by Gasteiger charge is -2.06. The first-order valence-corrected chi connectivity index (χ1v) is 6.37. The molecule has 0 saturated carbocycles. The molecule has 0 aliphatic carbocycles. The number of hydrogen-bond donors (Lipinski definition) is 1. The van der Waals surface area contributed by atoms with Crippen molar-refractivity contribution in [3.63, 3.8) is 0 Å². The van der Waals surface area contributed by atoms with Gasteiger partial charge in [-0.25, -0.2) is 4.39 Å². The quantitative estimate of drug-likeness (QED) is 0.334. The van der Waals surface area contributed by atoms with Crippen LogP contribution >= 0.6 is 0 Å². The van der Waals surface area contributed by atoms with E-state index in [9.17, 15) is 4.39 Å². The fourth-order valence-electron chi connectivity index (χ4n) is 1.66. The molecule has 100 valence electrons.